The molecule has 1 aliphatic rings. The van der Waals surface area contributed by atoms with E-state index in [-0.39, 0.29) is 17.2 Å². The molecule has 0 radical (unpaired) electrons. The van der Waals surface area contributed by atoms with Gasteiger partial charge in [-0.2, -0.15) is 0 Å². The molecule has 0 aliphatic carbocycles. The van der Waals surface area contributed by atoms with Crippen LogP contribution in [-0.4, -0.2) is 39.9 Å². The Balaban J connectivity index is 1.81. The minimum atomic E-state index is -1.29. The molecular formula is C19H14BrFN2O5S. The molecule has 1 saturated heterocycles. The lowest BCUT2D eigenvalue weighted by molar-refractivity contribution is -0.135. The number of carboxylic acids is 1. The molecule has 1 aliphatic heterocycles. The zero-order valence-electron chi connectivity index (χ0n) is 14.7. The van der Waals surface area contributed by atoms with Crippen molar-refractivity contribution in [3.8, 4) is 0 Å². The van der Waals surface area contributed by atoms with Crippen LogP contribution >= 0.6 is 27.7 Å². The molecule has 1 atom stereocenters. The molecule has 3 rings (SSSR count). The van der Waals surface area contributed by atoms with Crippen LogP contribution in [0.4, 0.5) is 14.9 Å². The summed E-state index contributed by atoms with van der Waals surface area (Å²) < 4.78 is 14.8. The standard InChI is InChI=1S/C19H14BrFN2O5S/c20-12-5-6-14(13(21)8-12)23(9-16(24)25)18(27)11-3-1-10(2-4-11)7-15-17(26)22-19(28)29-15/h1-6,8,15H,7,9H2,(H,24,25)(H,22,26,28). The number of carboxylic acid groups (broad SMARTS) is 1. The van der Waals surface area contributed by atoms with Gasteiger partial charge in [0.2, 0.25) is 5.91 Å². The number of thioether (sulfide) groups is 1. The summed E-state index contributed by atoms with van der Waals surface area (Å²) in [5.41, 5.74) is 0.739. The lowest BCUT2D eigenvalue weighted by Gasteiger charge is -2.22. The monoisotopic (exact) mass is 480 g/mol. The fourth-order valence-corrected chi connectivity index (χ4v) is 3.98. The molecule has 29 heavy (non-hydrogen) atoms. The van der Waals surface area contributed by atoms with E-state index in [1.54, 1.807) is 12.1 Å². The number of carbonyl (C=O) groups excluding carboxylic acids is 3. The van der Waals surface area contributed by atoms with E-state index >= 15 is 0 Å². The summed E-state index contributed by atoms with van der Waals surface area (Å²) in [6, 6.07) is 10.1. The van der Waals surface area contributed by atoms with Crippen LogP contribution in [0.1, 0.15) is 15.9 Å². The van der Waals surface area contributed by atoms with Gasteiger partial charge >= 0.3 is 5.97 Å². The first-order valence-corrected chi connectivity index (χ1v) is 10.0. The number of anilines is 1. The van der Waals surface area contributed by atoms with Crippen LogP contribution in [0.15, 0.2) is 46.9 Å². The van der Waals surface area contributed by atoms with Crippen molar-refractivity contribution in [2.75, 3.05) is 11.4 Å². The normalized spacial score (nSPS) is 15.9. The Labute approximate surface area is 177 Å². The summed E-state index contributed by atoms with van der Waals surface area (Å²) in [7, 11) is 0. The van der Waals surface area contributed by atoms with Crippen molar-refractivity contribution in [3.05, 3.63) is 63.9 Å². The molecule has 0 aromatic heterocycles. The number of imide groups is 1. The number of carbonyl (C=O) groups is 4. The van der Waals surface area contributed by atoms with Crippen molar-refractivity contribution in [2.45, 2.75) is 11.7 Å². The van der Waals surface area contributed by atoms with Crippen LogP contribution < -0.4 is 10.2 Å². The second-order valence-corrected chi connectivity index (χ2v) is 8.26. The first kappa shape index (κ1) is 21.0. The number of hydrogen-bond donors (Lipinski definition) is 2. The summed E-state index contributed by atoms with van der Waals surface area (Å²) in [4.78, 5) is 47.8. The van der Waals surface area contributed by atoms with Gasteiger partial charge in [0.05, 0.1) is 10.9 Å². The van der Waals surface area contributed by atoms with Gasteiger partial charge in [0.15, 0.2) is 0 Å². The lowest BCUT2D eigenvalue weighted by Crippen LogP contribution is -2.36. The molecule has 7 nitrogen and oxygen atoms in total. The Morgan fingerprint density at radius 1 is 1.17 bits per heavy atom. The van der Waals surface area contributed by atoms with E-state index in [0.717, 1.165) is 28.3 Å². The van der Waals surface area contributed by atoms with Gasteiger partial charge < -0.3 is 5.11 Å². The fourth-order valence-electron chi connectivity index (χ4n) is 2.78. The van der Waals surface area contributed by atoms with Crippen molar-refractivity contribution < 1.29 is 28.7 Å². The number of aliphatic carboxylic acids is 1. The summed E-state index contributed by atoms with van der Waals surface area (Å²) in [6.07, 6.45) is 0.302. The van der Waals surface area contributed by atoms with Crippen molar-refractivity contribution in [3.63, 3.8) is 0 Å². The number of benzene rings is 2. The minimum absolute atomic E-state index is 0.151. The van der Waals surface area contributed by atoms with E-state index in [4.69, 9.17) is 5.11 Å². The van der Waals surface area contributed by atoms with Gasteiger partial charge in [-0.25, -0.2) is 4.39 Å². The van der Waals surface area contributed by atoms with Gasteiger partial charge in [0.1, 0.15) is 12.4 Å². The number of hydrogen-bond acceptors (Lipinski definition) is 5. The first-order valence-electron chi connectivity index (χ1n) is 8.33. The van der Waals surface area contributed by atoms with Gasteiger partial charge in [-0.15, -0.1) is 0 Å². The smallest absolute Gasteiger partial charge is 0.323 e. The van der Waals surface area contributed by atoms with Crippen LogP contribution in [0.3, 0.4) is 0 Å². The van der Waals surface area contributed by atoms with E-state index in [0.29, 0.717) is 10.9 Å². The van der Waals surface area contributed by atoms with Crippen LogP contribution in [0.5, 0.6) is 0 Å². The van der Waals surface area contributed by atoms with Crippen molar-refractivity contribution in [2.24, 2.45) is 0 Å². The topological polar surface area (TPSA) is 104 Å². The third-order valence-corrected chi connectivity index (χ3v) is 5.60. The maximum atomic E-state index is 14.3. The molecule has 1 fully saturated rings. The SMILES string of the molecule is O=C(O)CN(C(=O)c1ccc(CC2SC(=O)NC2=O)cc1)c1ccc(Br)cc1F. The molecule has 0 bridgehead atoms. The first-order chi connectivity index (χ1) is 13.7. The third-order valence-electron chi connectivity index (χ3n) is 4.13. The van der Waals surface area contributed by atoms with Gasteiger partial charge in [0.25, 0.3) is 11.1 Å². The number of nitrogens with zero attached hydrogens (tertiary/aromatic N) is 1. The number of halogens is 2. The molecule has 1 unspecified atom stereocenters. The largest absolute Gasteiger partial charge is 0.480 e. The van der Waals surface area contributed by atoms with E-state index < -0.39 is 34.7 Å². The number of amides is 3. The predicted octanol–water partition coefficient (Wildman–Crippen LogP) is 3.21. The minimum Gasteiger partial charge on any atom is -0.480 e. The van der Waals surface area contributed by atoms with Gasteiger partial charge in [-0.3, -0.25) is 29.4 Å². The van der Waals surface area contributed by atoms with Crippen molar-refractivity contribution >= 4 is 56.4 Å². The molecule has 0 spiro atoms. The van der Waals surface area contributed by atoms with E-state index in [9.17, 15) is 23.6 Å². The molecule has 2 N–H and O–H groups in total. The predicted molar refractivity (Wildman–Crippen MR) is 108 cm³/mol. The van der Waals surface area contributed by atoms with Crippen LogP contribution in [0.25, 0.3) is 0 Å². The van der Waals surface area contributed by atoms with Crippen molar-refractivity contribution in [1.82, 2.24) is 5.32 Å². The van der Waals surface area contributed by atoms with Gasteiger partial charge in [-0.05, 0) is 42.3 Å². The molecule has 2 aromatic carbocycles. The third kappa shape index (κ3) is 5.01. The molecule has 3 amide bonds. The van der Waals surface area contributed by atoms with E-state index in [2.05, 4.69) is 21.2 Å². The molecule has 2 aromatic rings. The Kier molecular flexibility index (Phi) is 6.33. The van der Waals surface area contributed by atoms with Crippen molar-refractivity contribution in [1.29, 1.82) is 0 Å². The highest BCUT2D eigenvalue weighted by Crippen LogP contribution is 2.26. The molecule has 1 heterocycles. The zero-order chi connectivity index (χ0) is 21.1. The van der Waals surface area contributed by atoms with Gasteiger partial charge in [0, 0.05) is 10.0 Å². The number of rotatable bonds is 6. The number of nitrogens with one attached hydrogen (secondary N) is 1. The Hall–Kier alpha value is -2.72. The van der Waals surface area contributed by atoms with Crippen LogP contribution in [-0.2, 0) is 16.0 Å². The van der Waals surface area contributed by atoms with E-state index in [1.807, 2.05) is 0 Å². The average molecular weight is 481 g/mol. The highest BCUT2D eigenvalue weighted by molar-refractivity contribution is 9.10. The van der Waals surface area contributed by atoms with Crippen LogP contribution in [0, 0.1) is 5.82 Å². The zero-order valence-corrected chi connectivity index (χ0v) is 17.1. The van der Waals surface area contributed by atoms with Gasteiger partial charge in [-0.1, -0.05) is 39.8 Å². The summed E-state index contributed by atoms with van der Waals surface area (Å²) in [5, 5.41) is 10.4. The summed E-state index contributed by atoms with van der Waals surface area (Å²) in [5.74, 6) is -3.06. The molecule has 0 saturated carbocycles. The maximum Gasteiger partial charge on any atom is 0.323 e. The Bertz CT molecular complexity index is 999. The lowest BCUT2D eigenvalue weighted by atomic mass is 10.1. The summed E-state index contributed by atoms with van der Waals surface area (Å²) in [6.45, 7) is -0.708. The summed E-state index contributed by atoms with van der Waals surface area (Å²) >= 11 is 4.02. The molecular weight excluding hydrogens is 467 g/mol. The highest BCUT2D eigenvalue weighted by atomic mass is 79.9. The molecule has 150 valence electrons. The molecule has 10 heteroatoms. The van der Waals surface area contributed by atoms with Crippen LogP contribution in [0.2, 0.25) is 0 Å². The highest BCUT2D eigenvalue weighted by Gasteiger charge is 2.31. The quantitative estimate of drug-likeness (QED) is 0.657. The Morgan fingerprint density at radius 3 is 2.41 bits per heavy atom. The van der Waals surface area contributed by atoms with E-state index in [1.165, 1.54) is 24.3 Å². The average Bonchev–Trinajstić information content (AvgIpc) is 2.97. The fraction of sp³-hybridized carbons (Fsp3) is 0.158. The second kappa shape index (κ2) is 8.75. The Morgan fingerprint density at radius 2 is 1.86 bits per heavy atom. The maximum absolute atomic E-state index is 14.3. The second-order valence-electron chi connectivity index (χ2n) is 6.17.